The van der Waals surface area contributed by atoms with Crippen molar-refractivity contribution in [1.82, 2.24) is 14.5 Å². The summed E-state index contributed by atoms with van der Waals surface area (Å²) in [4.78, 5) is 14.4. The van der Waals surface area contributed by atoms with Crippen LogP contribution in [0.5, 0.6) is 5.75 Å². The summed E-state index contributed by atoms with van der Waals surface area (Å²) < 4.78 is 32.4. The largest absolute Gasteiger partial charge is 0.482 e. The van der Waals surface area contributed by atoms with Gasteiger partial charge in [0.15, 0.2) is 6.61 Å². The molecular weight excluding hydrogens is 449 g/mol. The number of hydrogen-bond donors (Lipinski definition) is 1. The molecule has 1 heterocycles. The molecule has 0 spiro atoms. The number of ether oxygens (including phenoxy) is 1. The van der Waals surface area contributed by atoms with E-state index in [1.54, 1.807) is 36.4 Å². The van der Waals surface area contributed by atoms with Crippen molar-refractivity contribution in [3.8, 4) is 5.75 Å². The van der Waals surface area contributed by atoms with Crippen LogP contribution in [-0.4, -0.2) is 63.4 Å². The molecule has 1 N–H and O–H groups in total. The van der Waals surface area contributed by atoms with Gasteiger partial charge in [0, 0.05) is 43.8 Å². The summed E-state index contributed by atoms with van der Waals surface area (Å²) in [5.41, 5.74) is 0.779. The Morgan fingerprint density at radius 1 is 1.07 bits per heavy atom. The normalized spacial score (nSPS) is 15.7. The first-order chi connectivity index (χ1) is 14.3. The molecule has 7 nitrogen and oxygen atoms in total. The molecule has 1 amide bonds. The molecule has 0 bridgehead atoms. The quantitative estimate of drug-likeness (QED) is 0.671. The molecule has 0 unspecified atom stereocenters. The van der Waals surface area contributed by atoms with Gasteiger partial charge >= 0.3 is 0 Å². The molecule has 30 heavy (non-hydrogen) atoms. The minimum atomic E-state index is -3.50. The number of benzene rings is 2. The molecule has 1 aliphatic heterocycles. The average Bonchev–Trinajstić information content (AvgIpc) is 2.73. The van der Waals surface area contributed by atoms with Crippen LogP contribution in [0.4, 0.5) is 0 Å². The van der Waals surface area contributed by atoms with Gasteiger partial charge in [0.2, 0.25) is 10.0 Å². The lowest BCUT2D eigenvalue weighted by molar-refractivity contribution is -0.123. The fraction of sp³-hybridized carbons (Fsp3) is 0.350. The van der Waals surface area contributed by atoms with E-state index in [-0.39, 0.29) is 24.0 Å². The van der Waals surface area contributed by atoms with E-state index in [0.717, 1.165) is 5.56 Å². The Kier molecular flexibility index (Phi) is 7.60. The first-order valence-corrected chi connectivity index (χ1v) is 11.6. The summed E-state index contributed by atoms with van der Waals surface area (Å²) in [5, 5.41) is 3.55. The molecule has 1 fully saturated rings. The minimum absolute atomic E-state index is 0.212. The zero-order chi connectivity index (χ0) is 21.7. The lowest BCUT2D eigenvalue weighted by atomic mass is 10.2. The first-order valence-electron chi connectivity index (χ1n) is 9.38. The van der Waals surface area contributed by atoms with Gasteiger partial charge in [-0.25, -0.2) is 8.42 Å². The smallest absolute Gasteiger partial charge is 0.258 e. The van der Waals surface area contributed by atoms with Crippen LogP contribution in [0, 0.1) is 0 Å². The molecule has 162 valence electrons. The molecule has 0 saturated carbocycles. The fourth-order valence-corrected chi connectivity index (χ4v) is 4.70. The molecule has 0 aliphatic carbocycles. The van der Waals surface area contributed by atoms with Crippen molar-refractivity contribution in [3.05, 3.63) is 58.1 Å². The second-order valence-corrected chi connectivity index (χ2v) is 9.77. The zero-order valence-electron chi connectivity index (χ0n) is 16.5. The maximum atomic E-state index is 12.7. The second-order valence-electron chi connectivity index (χ2n) is 6.99. The Bertz CT molecular complexity index is 992. The molecule has 0 aromatic heterocycles. The van der Waals surface area contributed by atoms with Crippen LogP contribution in [0.1, 0.15) is 5.56 Å². The monoisotopic (exact) mass is 471 g/mol. The predicted octanol–water partition coefficient (Wildman–Crippen LogP) is 2.62. The minimum Gasteiger partial charge on any atom is -0.482 e. The van der Waals surface area contributed by atoms with E-state index in [9.17, 15) is 13.2 Å². The third kappa shape index (κ3) is 5.86. The lowest BCUT2D eigenvalue weighted by Gasteiger charge is -2.31. The Morgan fingerprint density at radius 2 is 1.73 bits per heavy atom. The molecule has 0 atom stereocenters. The molecule has 3 rings (SSSR count). The van der Waals surface area contributed by atoms with Crippen molar-refractivity contribution >= 4 is 39.1 Å². The third-order valence-electron chi connectivity index (χ3n) is 4.77. The van der Waals surface area contributed by atoms with Gasteiger partial charge in [-0.2, -0.15) is 4.31 Å². The predicted molar refractivity (Wildman–Crippen MR) is 117 cm³/mol. The standard InChI is InChI=1S/C20H23Cl2N3O4S/c1-24-8-10-25(11-9-24)30(27,28)17-5-2-15(3-6-17)13-23-20(26)14-29-19-12-16(21)4-7-18(19)22/h2-7,12H,8-11,13-14H2,1H3,(H,23,26). The van der Waals surface area contributed by atoms with E-state index in [1.807, 2.05) is 7.05 Å². The van der Waals surface area contributed by atoms with Crippen LogP contribution in [0.3, 0.4) is 0 Å². The molecule has 2 aromatic rings. The van der Waals surface area contributed by atoms with E-state index in [0.29, 0.717) is 42.0 Å². The molecule has 0 radical (unpaired) electrons. The highest BCUT2D eigenvalue weighted by atomic mass is 35.5. The Balaban J connectivity index is 1.51. The maximum Gasteiger partial charge on any atom is 0.258 e. The topological polar surface area (TPSA) is 79.0 Å². The third-order valence-corrected chi connectivity index (χ3v) is 7.23. The van der Waals surface area contributed by atoms with Gasteiger partial charge in [-0.15, -0.1) is 0 Å². The number of rotatable bonds is 7. The molecule has 2 aromatic carbocycles. The van der Waals surface area contributed by atoms with Crippen molar-refractivity contribution < 1.29 is 17.9 Å². The maximum absolute atomic E-state index is 12.7. The van der Waals surface area contributed by atoms with Crippen LogP contribution >= 0.6 is 23.2 Å². The van der Waals surface area contributed by atoms with E-state index in [2.05, 4.69) is 10.2 Å². The number of carbonyl (C=O) groups excluding carboxylic acids is 1. The SMILES string of the molecule is CN1CCN(S(=O)(=O)c2ccc(CNC(=O)COc3cc(Cl)ccc3Cl)cc2)CC1. The molecule has 1 saturated heterocycles. The second kappa shape index (κ2) is 9.98. The van der Waals surface area contributed by atoms with Crippen molar-refractivity contribution in [3.63, 3.8) is 0 Å². The molecular formula is C20H23Cl2N3O4S. The van der Waals surface area contributed by atoms with E-state index >= 15 is 0 Å². The summed E-state index contributed by atoms with van der Waals surface area (Å²) in [5.74, 6) is -0.00189. The Labute approximate surface area is 186 Å². The highest BCUT2D eigenvalue weighted by Gasteiger charge is 2.27. The number of nitrogens with zero attached hydrogens (tertiary/aromatic N) is 2. The van der Waals surface area contributed by atoms with Crippen LogP contribution in [0.2, 0.25) is 10.0 Å². The number of piperazine rings is 1. The first kappa shape index (κ1) is 22.8. The van der Waals surface area contributed by atoms with E-state index < -0.39 is 10.0 Å². The summed E-state index contributed by atoms with van der Waals surface area (Å²) in [7, 11) is -1.53. The van der Waals surface area contributed by atoms with Crippen LogP contribution < -0.4 is 10.1 Å². The van der Waals surface area contributed by atoms with Crippen molar-refractivity contribution in [2.24, 2.45) is 0 Å². The number of nitrogens with one attached hydrogen (secondary N) is 1. The number of likely N-dealkylation sites (N-methyl/N-ethyl adjacent to an activating group) is 1. The van der Waals surface area contributed by atoms with Crippen molar-refractivity contribution in [1.29, 1.82) is 0 Å². The van der Waals surface area contributed by atoms with Crippen LogP contribution in [-0.2, 0) is 21.4 Å². The Hall–Kier alpha value is -1.84. The number of amides is 1. The van der Waals surface area contributed by atoms with Gasteiger partial charge in [0.1, 0.15) is 5.75 Å². The number of halogens is 2. The highest BCUT2D eigenvalue weighted by Crippen LogP contribution is 2.27. The summed E-state index contributed by atoms with van der Waals surface area (Å²) in [6, 6.07) is 11.3. The zero-order valence-corrected chi connectivity index (χ0v) is 18.8. The van der Waals surface area contributed by atoms with Gasteiger partial charge in [-0.05, 0) is 36.9 Å². The highest BCUT2D eigenvalue weighted by molar-refractivity contribution is 7.89. The Morgan fingerprint density at radius 3 is 2.40 bits per heavy atom. The van der Waals surface area contributed by atoms with Gasteiger partial charge in [0.05, 0.1) is 9.92 Å². The van der Waals surface area contributed by atoms with Gasteiger partial charge < -0.3 is 15.0 Å². The van der Waals surface area contributed by atoms with Gasteiger partial charge in [-0.3, -0.25) is 4.79 Å². The van der Waals surface area contributed by atoms with E-state index in [1.165, 1.54) is 10.4 Å². The summed E-state index contributed by atoms with van der Waals surface area (Å²) >= 11 is 11.9. The van der Waals surface area contributed by atoms with E-state index in [4.69, 9.17) is 27.9 Å². The summed E-state index contributed by atoms with van der Waals surface area (Å²) in [6.07, 6.45) is 0. The van der Waals surface area contributed by atoms with Crippen molar-refractivity contribution in [2.45, 2.75) is 11.4 Å². The lowest BCUT2D eigenvalue weighted by Crippen LogP contribution is -2.47. The average molecular weight is 472 g/mol. The molecule has 10 heteroatoms. The fourth-order valence-electron chi connectivity index (χ4n) is 2.94. The summed E-state index contributed by atoms with van der Waals surface area (Å²) in [6.45, 7) is 2.43. The molecule has 1 aliphatic rings. The van der Waals surface area contributed by atoms with Crippen molar-refractivity contribution in [2.75, 3.05) is 39.8 Å². The van der Waals surface area contributed by atoms with Gasteiger partial charge in [0.25, 0.3) is 5.91 Å². The van der Waals surface area contributed by atoms with Crippen LogP contribution in [0.25, 0.3) is 0 Å². The number of carbonyl (C=O) groups is 1. The number of sulfonamides is 1. The van der Waals surface area contributed by atoms with Crippen LogP contribution in [0.15, 0.2) is 47.4 Å². The van der Waals surface area contributed by atoms with Gasteiger partial charge in [-0.1, -0.05) is 35.3 Å². The number of hydrogen-bond acceptors (Lipinski definition) is 5.